The van der Waals surface area contributed by atoms with E-state index >= 15 is 0 Å². The summed E-state index contributed by atoms with van der Waals surface area (Å²) >= 11 is 0. The van der Waals surface area contributed by atoms with Crippen molar-refractivity contribution in [3.05, 3.63) is 234 Å². The van der Waals surface area contributed by atoms with Crippen LogP contribution in [-0.2, 0) is 5.41 Å². The standard InChI is InChI=1S/C62H47FN2/c1-40-17-15-27-51-57(64(46-24-11-6-12-25-46)56-28-16-23-41-18-13-14-26-48(41)56)36-35-49(59(40)51)44-29-34-50-52-38-53-58(39-55(52)62(2,3)54(50)37-44)65(47-32-30-45(63)31-33-47)61(43-21-9-5-10-22-43)60(53)42-19-7-4-8-20-42/h4-16,18-40H,17H2,1-3H3. The Balaban J connectivity index is 1.05. The van der Waals surface area contributed by atoms with Gasteiger partial charge in [0, 0.05) is 38.7 Å². The van der Waals surface area contributed by atoms with Crippen LogP contribution in [0.1, 0.15) is 55.4 Å². The molecule has 312 valence electrons. The first-order valence-corrected chi connectivity index (χ1v) is 22.8. The molecule has 65 heavy (non-hydrogen) atoms. The lowest BCUT2D eigenvalue weighted by Crippen LogP contribution is -2.16. The Morgan fingerprint density at radius 1 is 0.554 bits per heavy atom. The maximum Gasteiger partial charge on any atom is 0.123 e. The summed E-state index contributed by atoms with van der Waals surface area (Å²) in [6, 6.07) is 71.1. The number of hydrogen-bond donors (Lipinski definition) is 0. The fourth-order valence-electron chi connectivity index (χ4n) is 11.0. The first-order valence-electron chi connectivity index (χ1n) is 22.8. The van der Waals surface area contributed by atoms with Crippen molar-refractivity contribution in [2.75, 3.05) is 4.90 Å². The van der Waals surface area contributed by atoms with Gasteiger partial charge in [-0.05, 0) is 135 Å². The van der Waals surface area contributed by atoms with E-state index in [9.17, 15) is 4.39 Å². The zero-order valence-corrected chi connectivity index (χ0v) is 36.8. The molecular formula is C62H47FN2. The lowest BCUT2D eigenvalue weighted by atomic mass is 9.79. The van der Waals surface area contributed by atoms with Crippen LogP contribution in [0.15, 0.2) is 206 Å². The second-order valence-electron chi connectivity index (χ2n) is 18.2. The Kier molecular flexibility index (Phi) is 9.10. The largest absolute Gasteiger partial charge is 0.309 e. The lowest BCUT2D eigenvalue weighted by Gasteiger charge is -2.32. The third-order valence-electron chi connectivity index (χ3n) is 14.1. The third kappa shape index (κ3) is 6.21. The van der Waals surface area contributed by atoms with Gasteiger partial charge in [-0.2, -0.15) is 0 Å². The highest BCUT2D eigenvalue weighted by Gasteiger charge is 2.38. The lowest BCUT2D eigenvalue weighted by molar-refractivity contribution is 0.627. The summed E-state index contributed by atoms with van der Waals surface area (Å²) < 4.78 is 16.9. The number of allylic oxidation sites excluding steroid dienone is 1. The average molecular weight is 839 g/mol. The molecule has 12 rings (SSSR count). The molecule has 1 heterocycles. The molecule has 0 radical (unpaired) electrons. The van der Waals surface area contributed by atoms with Gasteiger partial charge in [0.2, 0.25) is 0 Å². The molecule has 1 aromatic heterocycles. The zero-order chi connectivity index (χ0) is 43.8. The Labute approximate surface area is 380 Å². The van der Waals surface area contributed by atoms with E-state index in [0.29, 0.717) is 5.92 Å². The molecule has 10 aromatic rings. The first kappa shape index (κ1) is 38.9. The topological polar surface area (TPSA) is 8.17 Å². The molecule has 0 amide bonds. The quantitative estimate of drug-likeness (QED) is 0.155. The summed E-state index contributed by atoms with van der Waals surface area (Å²) in [4.78, 5) is 2.45. The molecule has 2 aliphatic carbocycles. The molecule has 0 bridgehead atoms. The van der Waals surface area contributed by atoms with Gasteiger partial charge in [-0.1, -0.05) is 166 Å². The number of para-hydroxylation sites is 1. The van der Waals surface area contributed by atoms with E-state index in [1.54, 1.807) is 12.1 Å². The number of rotatable bonds is 7. The number of hydrogen-bond acceptors (Lipinski definition) is 1. The van der Waals surface area contributed by atoms with E-state index in [4.69, 9.17) is 0 Å². The zero-order valence-electron chi connectivity index (χ0n) is 36.8. The second kappa shape index (κ2) is 15.2. The van der Waals surface area contributed by atoms with Crippen LogP contribution in [0.2, 0.25) is 0 Å². The van der Waals surface area contributed by atoms with E-state index in [2.05, 4.69) is 218 Å². The number of nitrogens with zero attached hydrogens (tertiary/aromatic N) is 2. The third-order valence-corrected chi connectivity index (χ3v) is 14.1. The molecule has 9 aromatic carbocycles. The highest BCUT2D eigenvalue weighted by molar-refractivity contribution is 6.09. The molecule has 0 fully saturated rings. The van der Waals surface area contributed by atoms with Crippen LogP contribution in [0, 0.1) is 5.82 Å². The molecule has 0 saturated heterocycles. The van der Waals surface area contributed by atoms with Crippen LogP contribution in [0.25, 0.3) is 78.1 Å². The molecule has 1 atom stereocenters. The smallest absolute Gasteiger partial charge is 0.123 e. The molecule has 3 heteroatoms. The maximum atomic E-state index is 14.5. The van der Waals surface area contributed by atoms with Crippen molar-refractivity contribution >= 4 is 44.8 Å². The normalized spacial score (nSPS) is 14.6. The average Bonchev–Trinajstić information content (AvgIpc) is 3.80. The number of benzene rings is 9. The predicted octanol–water partition coefficient (Wildman–Crippen LogP) is 17.2. The van der Waals surface area contributed by atoms with Gasteiger partial charge >= 0.3 is 0 Å². The summed E-state index contributed by atoms with van der Waals surface area (Å²) in [6.07, 6.45) is 5.70. The summed E-state index contributed by atoms with van der Waals surface area (Å²) in [7, 11) is 0. The van der Waals surface area contributed by atoms with Gasteiger partial charge < -0.3 is 9.47 Å². The number of halogens is 1. The molecule has 1 unspecified atom stereocenters. The van der Waals surface area contributed by atoms with Crippen LogP contribution in [0.4, 0.5) is 21.5 Å². The predicted molar refractivity (Wildman–Crippen MR) is 271 cm³/mol. The van der Waals surface area contributed by atoms with Crippen molar-refractivity contribution in [1.29, 1.82) is 0 Å². The van der Waals surface area contributed by atoms with Crippen LogP contribution in [0.5, 0.6) is 0 Å². The van der Waals surface area contributed by atoms with Crippen LogP contribution in [0.3, 0.4) is 0 Å². The van der Waals surface area contributed by atoms with E-state index in [1.165, 1.54) is 77.6 Å². The number of anilines is 3. The van der Waals surface area contributed by atoms with Gasteiger partial charge in [0.05, 0.1) is 22.6 Å². The van der Waals surface area contributed by atoms with Crippen molar-refractivity contribution < 1.29 is 4.39 Å². The number of aromatic nitrogens is 1. The van der Waals surface area contributed by atoms with Crippen molar-refractivity contribution in [2.45, 2.75) is 38.5 Å². The van der Waals surface area contributed by atoms with Gasteiger partial charge in [-0.3, -0.25) is 0 Å². The summed E-state index contributed by atoms with van der Waals surface area (Å²) in [6.45, 7) is 7.13. The van der Waals surface area contributed by atoms with Crippen molar-refractivity contribution in [2.24, 2.45) is 0 Å². The summed E-state index contributed by atoms with van der Waals surface area (Å²) in [5.74, 6) is 0.0821. The van der Waals surface area contributed by atoms with Crippen molar-refractivity contribution in [3.63, 3.8) is 0 Å². The van der Waals surface area contributed by atoms with E-state index in [0.717, 1.165) is 40.1 Å². The Morgan fingerprint density at radius 2 is 1.22 bits per heavy atom. The minimum absolute atomic E-state index is 0.248. The van der Waals surface area contributed by atoms with Crippen molar-refractivity contribution in [1.82, 2.24) is 4.57 Å². The fourth-order valence-corrected chi connectivity index (χ4v) is 11.0. The van der Waals surface area contributed by atoms with E-state index < -0.39 is 0 Å². The van der Waals surface area contributed by atoms with Crippen LogP contribution < -0.4 is 4.90 Å². The first-order chi connectivity index (χ1) is 31.8. The minimum atomic E-state index is -0.295. The molecule has 0 spiro atoms. The summed E-state index contributed by atoms with van der Waals surface area (Å²) in [5, 5.41) is 3.61. The van der Waals surface area contributed by atoms with Crippen LogP contribution in [-0.4, -0.2) is 4.57 Å². The van der Waals surface area contributed by atoms with E-state index in [-0.39, 0.29) is 11.2 Å². The molecule has 0 saturated carbocycles. The molecule has 2 aliphatic rings. The van der Waals surface area contributed by atoms with Gasteiger partial charge in [0.1, 0.15) is 5.82 Å². The highest BCUT2D eigenvalue weighted by atomic mass is 19.1. The minimum Gasteiger partial charge on any atom is -0.309 e. The number of fused-ring (bicyclic) bond motifs is 6. The van der Waals surface area contributed by atoms with E-state index in [1.807, 2.05) is 12.1 Å². The molecular weight excluding hydrogens is 792 g/mol. The molecule has 2 nitrogen and oxygen atoms in total. The van der Waals surface area contributed by atoms with Gasteiger partial charge in [0.15, 0.2) is 0 Å². The Hall–Kier alpha value is -7.75. The van der Waals surface area contributed by atoms with Gasteiger partial charge in [0.25, 0.3) is 0 Å². The highest BCUT2D eigenvalue weighted by Crippen LogP contribution is 2.55. The fraction of sp³-hybridized carbons (Fsp3) is 0.0968. The summed E-state index contributed by atoms with van der Waals surface area (Å²) in [5.41, 5.74) is 20.1. The Bertz CT molecular complexity index is 3480. The van der Waals surface area contributed by atoms with Crippen molar-refractivity contribution in [3.8, 4) is 50.3 Å². The molecule has 0 aliphatic heterocycles. The maximum absolute atomic E-state index is 14.5. The second-order valence-corrected chi connectivity index (χ2v) is 18.2. The SMILES string of the molecule is CC1CC=Cc2c(N(c3ccccc3)c3cccc4ccccc34)ccc(-c3ccc4c(c3)C(C)(C)c3cc5c(cc3-4)c(-c3ccccc3)c(-c3ccccc3)n5-c3ccc(F)cc3)c21. The van der Waals surface area contributed by atoms with Gasteiger partial charge in [-0.25, -0.2) is 4.39 Å². The van der Waals surface area contributed by atoms with Crippen LogP contribution >= 0.6 is 0 Å². The van der Waals surface area contributed by atoms with Gasteiger partial charge in [-0.15, -0.1) is 0 Å². The molecule has 0 N–H and O–H groups in total. The monoisotopic (exact) mass is 838 g/mol. The Morgan fingerprint density at radius 3 is 1.98 bits per heavy atom.